The largest absolute Gasteiger partial charge is 0.493 e. The summed E-state index contributed by atoms with van der Waals surface area (Å²) in [5.74, 6) is 0.00138. The van der Waals surface area contributed by atoms with Crippen LogP contribution in [-0.4, -0.2) is 48.6 Å². The molecule has 0 bridgehead atoms. The van der Waals surface area contributed by atoms with Gasteiger partial charge in [0.05, 0.1) is 20.3 Å². The quantitative estimate of drug-likeness (QED) is 0.630. The van der Waals surface area contributed by atoms with Gasteiger partial charge in [0, 0.05) is 30.1 Å². The van der Waals surface area contributed by atoms with Crippen LogP contribution in [0.2, 0.25) is 0 Å². The molecule has 1 unspecified atom stereocenters. The van der Waals surface area contributed by atoms with Crippen molar-refractivity contribution in [1.82, 2.24) is 5.32 Å². The number of rotatable bonds is 8. The molecule has 1 rings (SSSR count). The van der Waals surface area contributed by atoms with E-state index in [1.807, 2.05) is 20.8 Å². The Balaban J connectivity index is 3.13. The van der Waals surface area contributed by atoms with E-state index in [4.69, 9.17) is 14.6 Å². The average molecular weight is 337 g/mol. The van der Waals surface area contributed by atoms with E-state index < -0.39 is 12.1 Å². The summed E-state index contributed by atoms with van der Waals surface area (Å²) in [6, 6.07) is 3.46. The highest BCUT2D eigenvalue weighted by molar-refractivity contribution is 5.86. The van der Waals surface area contributed by atoms with Gasteiger partial charge in [-0.2, -0.15) is 0 Å². The van der Waals surface area contributed by atoms with Crippen LogP contribution in [0.1, 0.15) is 31.9 Å². The van der Waals surface area contributed by atoms with E-state index in [0.29, 0.717) is 35.6 Å². The van der Waals surface area contributed by atoms with Crippen molar-refractivity contribution < 1.29 is 24.5 Å². The number of nitrogens with one attached hydrogen (secondary N) is 1. The maximum absolute atomic E-state index is 10.8. The van der Waals surface area contributed by atoms with Crippen LogP contribution in [0.25, 0.3) is 6.08 Å². The lowest BCUT2D eigenvalue weighted by molar-refractivity contribution is -0.131. The minimum absolute atomic E-state index is 0.106. The summed E-state index contributed by atoms with van der Waals surface area (Å²) in [6.07, 6.45) is 2.21. The number of carboxylic acids is 1. The second-order valence-electron chi connectivity index (χ2n) is 6.53. The molecular formula is C18H27NO5. The Morgan fingerprint density at radius 1 is 1.29 bits per heavy atom. The van der Waals surface area contributed by atoms with Gasteiger partial charge < -0.3 is 25.0 Å². The number of aliphatic carboxylic acids is 1. The lowest BCUT2D eigenvalue weighted by Crippen LogP contribution is -2.41. The lowest BCUT2D eigenvalue weighted by Gasteiger charge is -2.24. The number of benzene rings is 1. The van der Waals surface area contributed by atoms with E-state index in [-0.39, 0.29) is 5.54 Å². The summed E-state index contributed by atoms with van der Waals surface area (Å²) in [6.45, 7) is 6.47. The number of aliphatic hydroxyl groups is 1. The summed E-state index contributed by atoms with van der Waals surface area (Å²) < 4.78 is 10.7. The smallest absolute Gasteiger partial charge is 0.328 e. The van der Waals surface area contributed by atoms with Crippen molar-refractivity contribution in [3.63, 3.8) is 0 Å². The number of carboxylic acid groups (broad SMARTS) is 1. The molecule has 0 fully saturated rings. The molecule has 1 atom stereocenters. The molecule has 0 saturated heterocycles. The highest BCUT2D eigenvalue weighted by atomic mass is 16.5. The highest BCUT2D eigenvalue weighted by Crippen LogP contribution is 2.35. The van der Waals surface area contributed by atoms with Crippen LogP contribution in [-0.2, 0) is 11.2 Å². The molecule has 1 aromatic carbocycles. The van der Waals surface area contributed by atoms with Crippen LogP contribution < -0.4 is 14.8 Å². The Labute approximate surface area is 143 Å². The second kappa shape index (κ2) is 8.70. The Hall–Kier alpha value is -2.05. The second-order valence-corrected chi connectivity index (χ2v) is 6.53. The number of hydrogen-bond acceptors (Lipinski definition) is 5. The van der Waals surface area contributed by atoms with Crippen LogP contribution >= 0.6 is 0 Å². The topological polar surface area (TPSA) is 88.0 Å². The minimum atomic E-state index is -1.04. The maximum Gasteiger partial charge on any atom is 0.328 e. The van der Waals surface area contributed by atoms with Crippen LogP contribution in [0.15, 0.2) is 18.2 Å². The van der Waals surface area contributed by atoms with Crippen molar-refractivity contribution >= 4 is 12.0 Å². The molecule has 0 radical (unpaired) electrons. The minimum Gasteiger partial charge on any atom is -0.493 e. The van der Waals surface area contributed by atoms with Crippen molar-refractivity contribution in [2.24, 2.45) is 0 Å². The molecule has 0 amide bonds. The van der Waals surface area contributed by atoms with Crippen molar-refractivity contribution in [3.05, 3.63) is 29.3 Å². The third-order valence-electron chi connectivity index (χ3n) is 3.40. The molecule has 6 heteroatoms. The van der Waals surface area contributed by atoms with Crippen LogP contribution in [0.3, 0.4) is 0 Å². The summed E-state index contributed by atoms with van der Waals surface area (Å²) in [5, 5.41) is 22.4. The number of hydrogen-bond donors (Lipinski definition) is 3. The van der Waals surface area contributed by atoms with E-state index in [2.05, 4.69) is 5.32 Å². The molecule has 3 N–H and O–H groups in total. The van der Waals surface area contributed by atoms with Gasteiger partial charge in [-0.25, -0.2) is 4.79 Å². The molecule has 6 nitrogen and oxygen atoms in total. The van der Waals surface area contributed by atoms with E-state index in [1.54, 1.807) is 12.1 Å². The summed E-state index contributed by atoms with van der Waals surface area (Å²) >= 11 is 0. The molecule has 0 aliphatic carbocycles. The zero-order valence-corrected chi connectivity index (χ0v) is 14.9. The van der Waals surface area contributed by atoms with E-state index >= 15 is 0 Å². The number of carbonyl (C=O) groups is 1. The first kappa shape index (κ1) is 20.0. The third-order valence-corrected chi connectivity index (χ3v) is 3.40. The summed E-state index contributed by atoms with van der Waals surface area (Å²) in [4.78, 5) is 10.8. The van der Waals surface area contributed by atoms with Gasteiger partial charge in [0.2, 0.25) is 0 Å². The Kier molecular flexibility index (Phi) is 7.25. The van der Waals surface area contributed by atoms with Crippen molar-refractivity contribution in [2.45, 2.75) is 38.8 Å². The van der Waals surface area contributed by atoms with Gasteiger partial charge in [0.1, 0.15) is 0 Å². The summed E-state index contributed by atoms with van der Waals surface area (Å²) in [5.41, 5.74) is 1.27. The molecule has 0 aromatic heterocycles. The maximum atomic E-state index is 10.8. The van der Waals surface area contributed by atoms with Gasteiger partial charge in [-0.15, -0.1) is 0 Å². The normalized spacial score (nSPS) is 13.1. The molecule has 0 spiro atoms. The lowest BCUT2D eigenvalue weighted by atomic mass is 9.98. The molecular weight excluding hydrogens is 310 g/mol. The first-order valence-electron chi connectivity index (χ1n) is 7.76. The monoisotopic (exact) mass is 337 g/mol. The van der Waals surface area contributed by atoms with E-state index in [9.17, 15) is 9.90 Å². The molecule has 0 saturated carbocycles. The van der Waals surface area contributed by atoms with Gasteiger partial charge in [0.25, 0.3) is 0 Å². The van der Waals surface area contributed by atoms with Crippen LogP contribution in [0, 0.1) is 0 Å². The average Bonchev–Trinajstić information content (AvgIpc) is 2.50. The molecule has 0 aliphatic rings. The first-order chi connectivity index (χ1) is 11.2. The fourth-order valence-electron chi connectivity index (χ4n) is 2.27. The van der Waals surface area contributed by atoms with Crippen LogP contribution in [0.4, 0.5) is 0 Å². The fraction of sp³-hybridized carbons (Fsp3) is 0.500. The zero-order valence-electron chi connectivity index (χ0n) is 14.9. The zero-order chi connectivity index (χ0) is 18.3. The van der Waals surface area contributed by atoms with Crippen molar-refractivity contribution in [2.75, 3.05) is 20.8 Å². The predicted molar refractivity (Wildman–Crippen MR) is 93.7 cm³/mol. The number of aliphatic hydroxyl groups excluding tert-OH is 1. The number of methoxy groups -OCH3 is 2. The fourth-order valence-corrected chi connectivity index (χ4v) is 2.27. The molecule has 1 aromatic rings. The third kappa shape index (κ3) is 6.22. The molecule has 134 valence electrons. The van der Waals surface area contributed by atoms with E-state index in [1.165, 1.54) is 20.3 Å². The highest BCUT2D eigenvalue weighted by Gasteiger charge is 2.19. The number of ether oxygens (including phenoxy) is 2. The molecule has 0 heterocycles. The molecule has 0 aliphatic heterocycles. The Bertz CT molecular complexity index is 590. The van der Waals surface area contributed by atoms with Crippen LogP contribution in [0.5, 0.6) is 11.5 Å². The standard InChI is InChI=1S/C18H27NO5/c1-18(2,3)19-11-13(20)10-14-12(7-9-16(21)22)6-8-15(23-4)17(14)24-5/h6-9,13,19-20H,10-11H2,1-5H3,(H,21,22). The summed E-state index contributed by atoms with van der Waals surface area (Å²) in [7, 11) is 3.05. The predicted octanol–water partition coefficient (Wildman–Crippen LogP) is 2.09. The van der Waals surface area contributed by atoms with Crippen molar-refractivity contribution in [3.8, 4) is 11.5 Å². The van der Waals surface area contributed by atoms with Gasteiger partial charge in [0.15, 0.2) is 11.5 Å². The van der Waals surface area contributed by atoms with Gasteiger partial charge in [-0.3, -0.25) is 0 Å². The Morgan fingerprint density at radius 2 is 1.96 bits per heavy atom. The van der Waals surface area contributed by atoms with Gasteiger partial charge in [-0.05, 0) is 38.5 Å². The van der Waals surface area contributed by atoms with Gasteiger partial charge >= 0.3 is 5.97 Å². The molecule has 24 heavy (non-hydrogen) atoms. The van der Waals surface area contributed by atoms with E-state index in [0.717, 1.165) is 6.08 Å². The van der Waals surface area contributed by atoms with Crippen molar-refractivity contribution in [1.29, 1.82) is 0 Å². The Morgan fingerprint density at radius 3 is 2.46 bits per heavy atom. The number of β-amino-alcohol motifs (C(OH)–C–C–N with tert-alkyl or cyclic N) is 1. The van der Waals surface area contributed by atoms with Gasteiger partial charge in [-0.1, -0.05) is 6.07 Å². The first-order valence-corrected chi connectivity index (χ1v) is 7.76. The SMILES string of the molecule is COc1ccc(C=CC(=O)O)c(CC(O)CNC(C)(C)C)c1OC.